The van der Waals surface area contributed by atoms with Crippen LogP contribution < -0.4 is 15.4 Å². The molecule has 5 aromatic rings. The first kappa shape index (κ1) is 24.4. The number of urea groups is 1. The second-order valence-corrected chi connectivity index (χ2v) is 11.7. The summed E-state index contributed by atoms with van der Waals surface area (Å²) in [6.45, 7) is 6.67. The quantitative estimate of drug-likeness (QED) is 0.246. The van der Waals surface area contributed by atoms with Gasteiger partial charge in [0.1, 0.15) is 10.6 Å². The van der Waals surface area contributed by atoms with Gasteiger partial charge in [0.05, 0.1) is 24.4 Å². The highest BCUT2D eigenvalue weighted by Gasteiger charge is 2.43. The summed E-state index contributed by atoms with van der Waals surface area (Å²) in [5.74, 6) is 1.62. The summed E-state index contributed by atoms with van der Waals surface area (Å²) in [6.07, 6.45) is 3.97. The van der Waals surface area contributed by atoms with Crippen LogP contribution in [0, 0.1) is 5.41 Å². The van der Waals surface area contributed by atoms with Crippen LogP contribution in [0.5, 0.6) is 5.88 Å². The van der Waals surface area contributed by atoms with Crippen molar-refractivity contribution >= 4 is 44.2 Å². The Morgan fingerprint density at radius 2 is 1.95 bits per heavy atom. The lowest BCUT2D eigenvalue weighted by molar-refractivity contribution is 0.144. The molecule has 0 unspecified atom stereocenters. The third-order valence-corrected chi connectivity index (χ3v) is 7.65. The monoisotopic (exact) mass is 532 g/mol. The van der Waals surface area contributed by atoms with E-state index in [9.17, 15) is 9.90 Å². The minimum Gasteiger partial charge on any atom is -0.477 e. The van der Waals surface area contributed by atoms with Crippen LogP contribution in [0.1, 0.15) is 39.4 Å². The Kier molecular flexibility index (Phi) is 5.84. The second-order valence-electron chi connectivity index (χ2n) is 10.8. The van der Waals surface area contributed by atoms with Crippen molar-refractivity contribution in [2.24, 2.45) is 5.41 Å². The fourth-order valence-corrected chi connectivity index (χ4v) is 5.00. The normalized spacial score (nSPS) is 14.6. The summed E-state index contributed by atoms with van der Waals surface area (Å²) >= 11 is 1.49. The van der Waals surface area contributed by atoms with Crippen LogP contribution >= 0.6 is 11.3 Å². The van der Waals surface area contributed by atoms with Crippen molar-refractivity contribution in [3.8, 4) is 17.1 Å². The number of anilines is 2. The molecule has 0 radical (unpaired) electrons. The number of imidazole rings is 1. The number of pyridine rings is 1. The SMILES string of the molecule is CC(C)(C)c1cc(NC(=O)Nc2ccc(-c3cn4c(n3)sc3nc(OCC5(CO)CC5)ccc34)cc2)no1. The zero-order chi connectivity index (χ0) is 26.5. The van der Waals surface area contributed by atoms with E-state index in [-0.39, 0.29) is 17.4 Å². The number of ether oxygens (including phenoxy) is 1. The molecular formula is C27H28N6O4S. The minimum atomic E-state index is -0.403. The van der Waals surface area contributed by atoms with Gasteiger partial charge in [-0.05, 0) is 31.0 Å². The van der Waals surface area contributed by atoms with Crippen LogP contribution in [0.2, 0.25) is 0 Å². The number of hydrogen-bond acceptors (Lipinski definition) is 8. The molecule has 0 saturated heterocycles. The Bertz CT molecular complexity index is 1630. The highest BCUT2D eigenvalue weighted by Crippen LogP contribution is 2.45. The van der Waals surface area contributed by atoms with Gasteiger partial charge in [-0.3, -0.25) is 9.72 Å². The third-order valence-electron chi connectivity index (χ3n) is 6.68. The average Bonchev–Trinajstić information content (AvgIpc) is 3.16. The van der Waals surface area contributed by atoms with Crippen molar-refractivity contribution in [3.05, 3.63) is 54.4 Å². The molecule has 0 spiro atoms. The van der Waals surface area contributed by atoms with Crippen LogP contribution in [-0.4, -0.2) is 43.9 Å². The first-order valence-electron chi connectivity index (χ1n) is 12.4. The van der Waals surface area contributed by atoms with E-state index in [2.05, 4.69) is 20.8 Å². The molecule has 4 aromatic heterocycles. The van der Waals surface area contributed by atoms with E-state index in [0.717, 1.165) is 39.4 Å². The average molecular weight is 533 g/mol. The second kappa shape index (κ2) is 9.10. The lowest BCUT2D eigenvalue weighted by Gasteiger charge is -2.12. The van der Waals surface area contributed by atoms with Gasteiger partial charge in [-0.1, -0.05) is 49.4 Å². The maximum Gasteiger partial charge on any atom is 0.324 e. The number of fused-ring (bicyclic) bond motifs is 3. The number of rotatable bonds is 7. The summed E-state index contributed by atoms with van der Waals surface area (Å²) < 4.78 is 13.2. The van der Waals surface area contributed by atoms with Crippen molar-refractivity contribution in [1.29, 1.82) is 0 Å². The summed E-state index contributed by atoms with van der Waals surface area (Å²) in [4.78, 5) is 23.5. The van der Waals surface area contributed by atoms with Crippen molar-refractivity contribution < 1.29 is 19.2 Å². The van der Waals surface area contributed by atoms with Gasteiger partial charge in [-0.25, -0.2) is 14.8 Å². The summed E-state index contributed by atoms with van der Waals surface area (Å²) in [5.41, 5.74) is 3.07. The summed E-state index contributed by atoms with van der Waals surface area (Å²) in [5, 5.41) is 18.9. The van der Waals surface area contributed by atoms with Gasteiger partial charge in [0.2, 0.25) is 5.88 Å². The number of aromatic nitrogens is 4. The molecule has 1 fully saturated rings. The number of carbonyl (C=O) groups excluding carboxylic acids is 1. The van der Waals surface area contributed by atoms with E-state index in [1.807, 2.05) is 67.8 Å². The van der Waals surface area contributed by atoms with Gasteiger partial charge >= 0.3 is 6.03 Å². The van der Waals surface area contributed by atoms with Gasteiger partial charge < -0.3 is 19.7 Å². The zero-order valence-electron chi connectivity index (χ0n) is 21.3. The minimum absolute atomic E-state index is 0.0857. The van der Waals surface area contributed by atoms with Crippen LogP contribution in [0.15, 0.2) is 53.2 Å². The maximum atomic E-state index is 12.4. The predicted octanol–water partition coefficient (Wildman–Crippen LogP) is 5.69. The third kappa shape index (κ3) is 4.82. The molecule has 11 heteroatoms. The van der Waals surface area contributed by atoms with Crippen LogP contribution in [0.3, 0.4) is 0 Å². The van der Waals surface area contributed by atoms with E-state index in [1.165, 1.54) is 11.3 Å². The highest BCUT2D eigenvalue weighted by molar-refractivity contribution is 7.23. The van der Waals surface area contributed by atoms with Gasteiger partial charge in [0.15, 0.2) is 10.8 Å². The van der Waals surface area contributed by atoms with E-state index >= 15 is 0 Å². The molecule has 1 aliphatic carbocycles. The largest absolute Gasteiger partial charge is 0.477 e. The summed E-state index contributed by atoms with van der Waals surface area (Å²) in [6, 6.07) is 12.6. The van der Waals surface area contributed by atoms with Gasteiger partial charge in [0.25, 0.3) is 0 Å². The number of thiazole rings is 1. The van der Waals surface area contributed by atoms with Crippen LogP contribution in [0.25, 0.3) is 26.6 Å². The maximum absolute atomic E-state index is 12.4. The van der Waals surface area contributed by atoms with E-state index < -0.39 is 6.03 Å². The Morgan fingerprint density at radius 3 is 2.63 bits per heavy atom. The van der Waals surface area contributed by atoms with Crippen LogP contribution in [0.4, 0.5) is 16.3 Å². The molecule has 0 bridgehead atoms. The van der Waals surface area contributed by atoms with Crippen LogP contribution in [-0.2, 0) is 5.41 Å². The molecule has 4 heterocycles. The Morgan fingerprint density at radius 1 is 1.16 bits per heavy atom. The van der Waals surface area contributed by atoms with Crippen molar-refractivity contribution in [2.75, 3.05) is 23.8 Å². The zero-order valence-corrected chi connectivity index (χ0v) is 22.1. The number of aliphatic hydroxyl groups excluding tert-OH is 1. The fraction of sp³-hybridized carbons (Fsp3) is 0.333. The van der Waals surface area contributed by atoms with Gasteiger partial charge in [-0.15, -0.1) is 0 Å². The van der Waals surface area contributed by atoms with Crippen molar-refractivity contribution in [3.63, 3.8) is 0 Å². The van der Waals surface area contributed by atoms with Crippen molar-refractivity contribution in [2.45, 2.75) is 39.0 Å². The van der Waals surface area contributed by atoms with E-state index in [0.29, 0.717) is 29.8 Å². The lowest BCUT2D eigenvalue weighted by Crippen LogP contribution is -2.19. The highest BCUT2D eigenvalue weighted by atomic mass is 32.1. The number of aliphatic hydroxyl groups is 1. The molecule has 196 valence electrons. The Hall–Kier alpha value is -3.96. The number of nitrogens with zero attached hydrogens (tertiary/aromatic N) is 4. The number of benzene rings is 1. The molecule has 1 aliphatic rings. The van der Waals surface area contributed by atoms with E-state index in [1.54, 1.807) is 6.07 Å². The number of amides is 2. The molecule has 38 heavy (non-hydrogen) atoms. The number of nitrogens with one attached hydrogen (secondary N) is 2. The Labute approximate surface area is 222 Å². The number of hydrogen-bond donors (Lipinski definition) is 3. The smallest absolute Gasteiger partial charge is 0.324 e. The standard InChI is InChI=1S/C27H28N6O4S/c1-26(2,3)20-12-21(32-37-20)30-24(35)28-17-6-4-16(5-7-17)18-13-33-19-8-9-22(31-23(19)38-25(33)29-18)36-15-27(14-34)10-11-27/h4-9,12-13,34H,10-11,14-15H2,1-3H3,(H2,28,30,32,35). The lowest BCUT2D eigenvalue weighted by atomic mass is 9.93. The first-order valence-corrected chi connectivity index (χ1v) is 13.2. The topological polar surface area (TPSA) is 127 Å². The molecule has 1 saturated carbocycles. The molecule has 0 aliphatic heterocycles. The summed E-state index contributed by atoms with van der Waals surface area (Å²) in [7, 11) is 0. The molecule has 3 N–H and O–H groups in total. The van der Waals surface area contributed by atoms with E-state index in [4.69, 9.17) is 14.2 Å². The van der Waals surface area contributed by atoms with Gasteiger partial charge in [0, 0.05) is 40.4 Å². The fourth-order valence-electron chi connectivity index (χ4n) is 4.03. The molecular weight excluding hydrogens is 504 g/mol. The van der Waals surface area contributed by atoms with Gasteiger partial charge in [-0.2, -0.15) is 0 Å². The molecule has 0 atom stereocenters. The first-order chi connectivity index (χ1) is 18.2. The molecule has 10 nitrogen and oxygen atoms in total. The molecule has 6 rings (SSSR count). The molecule has 1 aromatic carbocycles. The predicted molar refractivity (Wildman–Crippen MR) is 146 cm³/mol. The van der Waals surface area contributed by atoms with Crippen molar-refractivity contribution in [1.82, 2.24) is 19.5 Å². The molecule has 2 amide bonds. The Balaban J connectivity index is 1.12. The number of carbonyl (C=O) groups is 1.